The van der Waals surface area contributed by atoms with Crippen molar-refractivity contribution < 1.29 is 5.11 Å². The quantitative estimate of drug-likeness (QED) is 0.713. The van der Waals surface area contributed by atoms with Crippen LogP contribution in [0.25, 0.3) is 0 Å². The maximum atomic E-state index is 9.69. The molecule has 0 aliphatic heterocycles. The summed E-state index contributed by atoms with van der Waals surface area (Å²) in [6.07, 6.45) is 10.1. The Labute approximate surface area is 100 Å². The fraction of sp³-hybridized carbons (Fsp3) is 0.733. The standard InChI is InChI=1S/C15H26O/c1-12-6-10-15(5,11-7-12)13(2)8-9-14(3,4)16/h6,8-9,13,16H,7,10-11H2,1-5H3/b9-8+. The first-order valence-electron chi connectivity index (χ1n) is 6.30. The van der Waals surface area contributed by atoms with E-state index < -0.39 is 5.60 Å². The normalized spacial score (nSPS) is 29.2. The Morgan fingerprint density at radius 1 is 1.50 bits per heavy atom. The fourth-order valence-electron chi connectivity index (χ4n) is 2.12. The lowest BCUT2D eigenvalue weighted by molar-refractivity contribution is 0.130. The molecular formula is C15H26O. The first-order chi connectivity index (χ1) is 7.23. The van der Waals surface area contributed by atoms with E-state index in [1.807, 2.05) is 19.9 Å². The maximum absolute atomic E-state index is 9.69. The molecule has 2 unspecified atom stereocenters. The highest BCUT2D eigenvalue weighted by Crippen LogP contribution is 2.41. The molecule has 0 fully saturated rings. The summed E-state index contributed by atoms with van der Waals surface area (Å²) < 4.78 is 0. The molecule has 1 rings (SSSR count). The van der Waals surface area contributed by atoms with E-state index in [0.29, 0.717) is 11.3 Å². The summed E-state index contributed by atoms with van der Waals surface area (Å²) in [7, 11) is 0. The summed E-state index contributed by atoms with van der Waals surface area (Å²) in [5.74, 6) is 0.517. The van der Waals surface area contributed by atoms with Crippen LogP contribution in [0, 0.1) is 11.3 Å². The van der Waals surface area contributed by atoms with E-state index >= 15 is 0 Å². The van der Waals surface area contributed by atoms with Crippen molar-refractivity contribution in [2.45, 2.75) is 59.5 Å². The van der Waals surface area contributed by atoms with E-state index in [0.717, 1.165) is 6.42 Å². The number of hydrogen-bond donors (Lipinski definition) is 1. The number of rotatable bonds is 3. The summed E-state index contributed by atoms with van der Waals surface area (Å²) in [6, 6.07) is 0. The minimum Gasteiger partial charge on any atom is -0.386 e. The van der Waals surface area contributed by atoms with Gasteiger partial charge in [0, 0.05) is 0 Å². The van der Waals surface area contributed by atoms with Gasteiger partial charge in [-0.3, -0.25) is 0 Å². The van der Waals surface area contributed by atoms with Gasteiger partial charge >= 0.3 is 0 Å². The second-order valence-corrected chi connectivity index (χ2v) is 6.21. The average molecular weight is 222 g/mol. The third kappa shape index (κ3) is 3.79. The molecular weight excluding hydrogens is 196 g/mol. The Kier molecular flexibility index (Phi) is 4.01. The summed E-state index contributed by atoms with van der Waals surface area (Å²) in [4.78, 5) is 0. The van der Waals surface area contributed by atoms with Crippen molar-refractivity contribution in [3.8, 4) is 0 Å². The monoisotopic (exact) mass is 222 g/mol. The zero-order valence-corrected chi connectivity index (χ0v) is 11.4. The van der Waals surface area contributed by atoms with Gasteiger partial charge in [0.25, 0.3) is 0 Å². The van der Waals surface area contributed by atoms with Crippen molar-refractivity contribution in [1.82, 2.24) is 0 Å². The lowest BCUT2D eigenvalue weighted by Crippen LogP contribution is -2.26. The van der Waals surface area contributed by atoms with Gasteiger partial charge in [-0.05, 0) is 51.4 Å². The lowest BCUT2D eigenvalue weighted by atomic mass is 9.68. The molecule has 1 aliphatic rings. The van der Waals surface area contributed by atoms with E-state index in [-0.39, 0.29) is 0 Å². The van der Waals surface area contributed by atoms with Crippen LogP contribution in [0.5, 0.6) is 0 Å². The molecule has 2 atom stereocenters. The first kappa shape index (κ1) is 13.5. The molecule has 16 heavy (non-hydrogen) atoms. The van der Waals surface area contributed by atoms with Crippen LogP contribution in [0.4, 0.5) is 0 Å². The van der Waals surface area contributed by atoms with E-state index in [1.165, 1.54) is 18.4 Å². The van der Waals surface area contributed by atoms with Crippen molar-refractivity contribution in [2.24, 2.45) is 11.3 Å². The molecule has 0 radical (unpaired) electrons. The van der Waals surface area contributed by atoms with Crippen molar-refractivity contribution >= 4 is 0 Å². The van der Waals surface area contributed by atoms with E-state index in [2.05, 4.69) is 32.9 Å². The highest BCUT2D eigenvalue weighted by Gasteiger charge is 2.30. The van der Waals surface area contributed by atoms with E-state index in [1.54, 1.807) is 0 Å². The minimum absolute atomic E-state index is 0.362. The van der Waals surface area contributed by atoms with Crippen LogP contribution < -0.4 is 0 Å². The van der Waals surface area contributed by atoms with Crippen LogP contribution in [0.2, 0.25) is 0 Å². The van der Waals surface area contributed by atoms with Gasteiger partial charge in [-0.15, -0.1) is 0 Å². The molecule has 0 amide bonds. The van der Waals surface area contributed by atoms with Crippen molar-refractivity contribution in [1.29, 1.82) is 0 Å². The summed E-state index contributed by atoms with van der Waals surface area (Å²) in [5, 5.41) is 9.69. The van der Waals surface area contributed by atoms with Crippen LogP contribution in [0.1, 0.15) is 53.9 Å². The molecule has 0 aromatic heterocycles. The third-order valence-electron chi connectivity index (χ3n) is 3.90. The molecule has 0 aromatic carbocycles. The van der Waals surface area contributed by atoms with Crippen LogP contribution in [0.15, 0.2) is 23.8 Å². The van der Waals surface area contributed by atoms with Gasteiger partial charge < -0.3 is 5.11 Å². The maximum Gasteiger partial charge on any atom is 0.0771 e. The Morgan fingerprint density at radius 2 is 2.12 bits per heavy atom. The lowest BCUT2D eigenvalue weighted by Gasteiger charge is -2.37. The smallest absolute Gasteiger partial charge is 0.0771 e. The van der Waals surface area contributed by atoms with Gasteiger partial charge in [-0.2, -0.15) is 0 Å². The van der Waals surface area contributed by atoms with Crippen LogP contribution >= 0.6 is 0 Å². The minimum atomic E-state index is -0.689. The van der Waals surface area contributed by atoms with Crippen LogP contribution in [0.3, 0.4) is 0 Å². The van der Waals surface area contributed by atoms with Crippen molar-refractivity contribution in [3.05, 3.63) is 23.8 Å². The van der Waals surface area contributed by atoms with E-state index in [4.69, 9.17) is 0 Å². The fourth-order valence-corrected chi connectivity index (χ4v) is 2.12. The molecule has 0 saturated carbocycles. The number of aliphatic hydroxyl groups is 1. The predicted molar refractivity (Wildman–Crippen MR) is 70.3 cm³/mol. The summed E-state index contributed by atoms with van der Waals surface area (Å²) in [5.41, 5.74) is 1.20. The highest BCUT2D eigenvalue weighted by atomic mass is 16.3. The van der Waals surface area contributed by atoms with Gasteiger partial charge in [0.2, 0.25) is 0 Å². The molecule has 0 aromatic rings. The van der Waals surface area contributed by atoms with Gasteiger partial charge in [0.1, 0.15) is 0 Å². The molecule has 1 heteroatoms. The number of allylic oxidation sites excluding steroid dienone is 3. The SMILES string of the molecule is CC1=CCC(C)(C(C)/C=C/C(C)(C)O)CC1. The molecule has 1 N–H and O–H groups in total. The third-order valence-corrected chi connectivity index (χ3v) is 3.90. The van der Waals surface area contributed by atoms with Gasteiger partial charge in [-0.25, -0.2) is 0 Å². The van der Waals surface area contributed by atoms with Gasteiger partial charge in [0.05, 0.1) is 5.60 Å². The largest absolute Gasteiger partial charge is 0.386 e. The Hall–Kier alpha value is -0.560. The van der Waals surface area contributed by atoms with E-state index in [9.17, 15) is 5.11 Å². The first-order valence-corrected chi connectivity index (χ1v) is 6.30. The Morgan fingerprint density at radius 3 is 2.56 bits per heavy atom. The second-order valence-electron chi connectivity index (χ2n) is 6.21. The topological polar surface area (TPSA) is 20.2 Å². The zero-order chi connectivity index (χ0) is 12.4. The molecule has 1 aliphatic carbocycles. The molecule has 0 heterocycles. The van der Waals surface area contributed by atoms with Crippen LogP contribution in [-0.4, -0.2) is 10.7 Å². The molecule has 0 saturated heterocycles. The zero-order valence-electron chi connectivity index (χ0n) is 11.4. The average Bonchev–Trinajstić information content (AvgIpc) is 2.18. The van der Waals surface area contributed by atoms with Crippen LogP contribution in [-0.2, 0) is 0 Å². The number of hydrogen-bond acceptors (Lipinski definition) is 1. The van der Waals surface area contributed by atoms with Crippen molar-refractivity contribution in [2.75, 3.05) is 0 Å². The molecule has 0 bridgehead atoms. The molecule has 0 spiro atoms. The Balaban J connectivity index is 2.67. The predicted octanol–water partition coefficient (Wildman–Crippen LogP) is 4.09. The summed E-state index contributed by atoms with van der Waals surface area (Å²) in [6.45, 7) is 10.5. The second kappa shape index (κ2) is 4.75. The molecule has 1 nitrogen and oxygen atoms in total. The Bertz CT molecular complexity index is 293. The molecule has 92 valence electrons. The highest BCUT2D eigenvalue weighted by molar-refractivity contribution is 5.10. The van der Waals surface area contributed by atoms with Gasteiger partial charge in [-0.1, -0.05) is 37.6 Å². The van der Waals surface area contributed by atoms with Crippen molar-refractivity contribution in [3.63, 3.8) is 0 Å². The summed E-state index contributed by atoms with van der Waals surface area (Å²) >= 11 is 0. The van der Waals surface area contributed by atoms with Gasteiger partial charge in [0.15, 0.2) is 0 Å².